The Morgan fingerprint density at radius 1 is 1.47 bits per heavy atom. The van der Waals surface area contributed by atoms with Gasteiger partial charge in [0.15, 0.2) is 11.3 Å². The first-order chi connectivity index (χ1) is 7.11. The summed E-state index contributed by atoms with van der Waals surface area (Å²) in [6.45, 7) is 0. The van der Waals surface area contributed by atoms with Crippen molar-refractivity contribution in [2.45, 2.75) is 0 Å². The zero-order valence-electron chi connectivity index (χ0n) is 7.98. The van der Waals surface area contributed by atoms with Gasteiger partial charge in [-0.15, -0.1) is 0 Å². The van der Waals surface area contributed by atoms with Crippen LogP contribution in [-0.2, 0) is 0 Å². The van der Waals surface area contributed by atoms with Crippen LogP contribution >= 0.6 is 0 Å². The van der Waals surface area contributed by atoms with E-state index >= 15 is 0 Å². The lowest BCUT2D eigenvalue weighted by molar-refractivity contribution is 0.0665. The van der Waals surface area contributed by atoms with Crippen molar-refractivity contribution in [2.75, 3.05) is 12.8 Å². The highest BCUT2D eigenvalue weighted by atomic mass is 16.5. The number of carboxylic acids is 1. The molecule has 0 atom stereocenters. The van der Waals surface area contributed by atoms with E-state index < -0.39 is 5.97 Å². The number of ether oxygens (including phenoxy) is 1. The molecule has 0 radical (unpaired) electrons. The third-order valence-electron chi connectivity index (χ3n) is 2.04. The second-order valence-electron chi connectivity index (χ2n) is 3.06. The van der Waals surface area contributed by atoms with Crippen LogP contribution in [0.4, 0.5) is 5.69 Å². The van der Waals surface area contributed by atoms with Crippen LogP contribution in [0.2, 0.25) is 0 Å². The molecule has 2 aromatic rings. The fourth-order valence-electron chi connectivity index (χ4n) is 1.40. The fourth-order valence-corrected chi connectivity index (χ4v) is 1.40. The maximum absolute atomic E-state index is 10.7. The van der Waals surface area contributed by atoms with Gasteiger partial charge in [0.05, 0.1) is 7.11 Å². The van der Waals surface area contributed by atoms with E-state index in [9.17, 15) is 4.79 Å². The van der Waals surface area contributed by atoms with E-state index in [1.165, 1.54) is 13.2 Å². The van der Waals surface area contributed by atoms with Gasteiger partial charge < -0.3 is 20.0 Å². The fraction of sp³-hybridized carbons (Fsp3) is 0.100. The molecule has 0 aliphatic carbocycles. The first-order valence-electron chi connectivity index (χ1n) is 4.22. The van der Waals surface area contributed by atoms with E-state index in [4.69, 9.17) is 20.0 Å². The molecule has 2 rings (SSSR count). The van der Waals surface area contributed by atoms with Crippen LogP contribution in [-0.4, -0.2) is 18.2 Å². The van der Waals surface area contributed by atoms with Crippen molar-refractivity contribution in [3.8, 4) is 5.75 Å². The number of hydrogen-bond donors (Lipinski definition) is 2. The summed E-state index contributed by atoms with van der Waals surface area (Å²) in [5.74, 6) is -0.821. The first kappa shape index (κ1) is 9.39. The number of rotatable bonds is 2. The molecule has 0 spiro atoms. The van der Waals surface area contributed by atoms with Gasteiger partial charge in [-0.2, -0.15) is 0 Å². The Bertz CT molecular complexity index is 529. The Morgan fingerprint density at radius 3 is 2.80 bits per heavy atom. The number of furan rings is 1. The van der Waals surface area contributed by atoms with Crippen LogP contribution in [0.15, 0.2) is 22.6 Å². The van der Waals surface area contributed by atoms with Gasteiger partial charge in [-0.1, -0.05) is 0 Å². The molecule has 0 aliphatic rings. The minimum atomic E-state index is -1.12. The van der Waals surface area contributed by atoms with Crippen LogP contribution in [0.25, 0.3) is 11.0 Å². The molecule has 0 saturated heterocycles. The van der Waals surface area contributed by atoms with Crippen molar-refractivity contribution in [1.82, 2.24) is 0 Å². The minimum absolute atomic E-state index is 0.131. The summed E-state index contributed by atoms with van der Waals surface area (Å²) in [6.07, 6.45) is 0. The van der Waals surface area contributed by atoms with Gasteiger partial charge in [0.25, 0.3) is 0 Å². The number of anilines is 1. The number of aromatic carboxylic acids is 1. The van der Waals surface area contributed by atoms with E-state index in [0.29, 0.717) is 22.4 Å². The summed E-state index contributed by atoms with van der Waals surface area (Å²) in [4.78, 5) is 10.7. The van der Waals surface area contributed by atoms with E-state index in [0.717, 1.165) is 0 Å². The zero-order valence-corrected chi connectivity index (χ0v) is 7.98. The van der Waals surface area contributed by atoms with Gasteiger partial charge in [-0.05, 0) is 12.1 Å². The van der Waals surface area contributed by atoms with Crippen molar-refractivity contribution in [3.05, 3.63) is 24.0 Å². The van der Waals surface area contributed by atoms with Crippen LogP contribution in [0.5, 0.6) is 5.75 Å². The largest absolute Gasteiger partial charge is 0.493 e. The average Bonchev–Trinajstić information content (AvgIpc) is 2.59. The van der Waals surface area contributed by atoms with Crippen LogP contribution in [0.3, 0.4) is 0 Å². The predicted octanol–water partition coefficient (Wildman–Crippen LogP) is 1.72. The number of nitrogens with two attached hydrogens (primary N) is 1. The molecule has 5 nitrogen and oxygen atoms in total. The Hall–Kier alpha value is -2.17. The third-order valence-corrected chi connectivity index (χ3v) is 2.04. The molecular weight excluding hydrogens is 198 g/mol. The SMILES string of the molecule is COc1cc(N)cc2cc(C(=O)O)oc12. The standard InChI is InChI=1S/C10H9NO4/c1-14-7-4-6(11)2-5-3-8(10(12)13)15-9(5)7/h2-4H,11H2,1H3,(H,12,13). The smallest absolute Gasteiger partial charge is 0.371 e. The van der Waals surface area contributed by atoms with Gasteiger partial charge in [0, 0.05) is 17.1 Å². The van der Waals surface area contributed by atoms with Gasteiger partial charge in [0.2, 0.25) is 5.76 Å². The minimum Gasteiger partial charge on any atom is -0.493 e. The van der Waals surface area contributed by atoms with Crippen LogP contribution < -0.4 is 10.5 Å². The Kier molecular flexibility index (Phi) is 2.00. The lowest BCUT2D eigenvalue weighted by Gasteiger charge is -2.01. The molecule has 0 aliphatic heterocycles. The topological polar surface area (TPSA) is 85.7 Å². The average molecular weight is 207 g/mol. The summed E-state index contributed by atoms with van der Waals surface area (Å²) in [5, 5.41) is 9.37. The van der Waals surface area contributed by atoms with Crippen LogP contribution in [0, 0.1) is 0 Å². The predicted molar refractivity (Wildman–Crippen MR) is 54.1 cm³/mol. The monoisotopic (exact) mass is 207 g/mol. The third kappa shape index (κ3) is 1.48. The Morgan fingerprint density at radius 2 is 2.20 bits per heavy atom. The second kappa shape index (κ2) is 3.20. The lowest BCUT2D eigenvalue weighted by Crippen LogP contribution is -1.91. The molecular formula is C10H9NO4. The highest BCUT2D eigenvalue weighted by molar-refractivity contribution is 5.94. The molecule has 1 aromatic carbocycles. The number of methoxy groups -OCH3 is 1. The molecule has 3 N–H and O–H groups in total. The number of carboxylic acid groups (broad SMARTS) is 1. The summed E-state index contributed by atoms with van der Waals surface area (Å²) < 4.78 is 10.2. The molecule has 5 heteroatoms. The summed E-state index contributed by atoms with van der Waals surface area (Å²) >= 11 is 0. The summed E-state index contributed by atoms with van der Waals surface area (Å²) in [5.41, 5.74) is 6.51. The Labute approximate surface area is 85.0 Å². The van der Waals surface area contributed by atoms with Crippen molar-refractivity contribution >= 4 is 22.6 Å². The second-order valence-corrected chi connectivity index (χ2v) is 3.06. The number of fused-ring (bicyclic) bond motifs is 1. The number of nitrogen functional groups attached to an aromatic ring is 1. The number of carbonyl (C=O) groups is 1. The van der Waals surface area contributed by atoms with E-state index in [2.05, 4.69) is 0 Å². The van der Waals surface area contributed by atoms with Gasteiger partial charge in [-0.3, -0.25) is 0 Å². The maximum atomic E-state index is 10.7. The van der Waals surface area contributed by atoms with Gasteiger partial charge in [-0.25, -0.2) is 4.79 Å². The molecule has 0 bridgehead atoms. The zero-order chi connectivity index (χ0) is 11.0. The lowest BCUT2D eigenvalue weighted by atomic mass is 10.2. The Balaban J connectivity index is 2.74. The van der Waals surface area contributed by atoms with Gasteiger partial charge in [0.1, 0.15) is 0 Å². The molecule has 1 heterocycles. The summed E-state index contributed by atoms with van der Waals surface area (Å²) in [6, 6.07) is 4.63. The highest BCUT2D eigenvalue weighted by Gasteiger charge is 2.14. The quantitative estimate of drug-likeness (QED) is 0.732. The van der Waals surface area contributed by atoms with E-state index in [1.54, 1.807) is 12.1 Å². The van der Waals surface area contributed by atoms with Crippen molar-refractivity contribution < 1.29 is 19.1 Å². The molecule has 0 fully saturated rings. The van der Waals surface area contributed by atoms with E-state index in [-0.39, 0.29) is 5.76 Å². The van der Waals surface area contributed by atoms with Gasteiger partial charge >= 0.3 is 5.97 Å². The molecule has 0 unspecified atom stereocenters. The summed E-state index contributed by atoms with van der Waals surface area (Å²) in [7, 11) is 1.47. The normalized spacial score (nSPS) is 10.5. The van der Waals surface area contributed by atoms with Crippen molar-refractivity contribution in [3.63, 3.8) is 0 Å². The molecule has 0 amide bonds. The molecule has 15 heavy (non-hydrogen) atoms. The number of benzene rings is 1. The van der Waals surface area contributed by atoms with Crippen molar-refractivity contribution in [2.24, 2.45) is 0 Å². The highest BCUT2D eigenvalue weighted by Crippen LogP contribution is 2.31. The maximum Gasteiger partial charge on any atom is 0.371 e. The van der Waals surface area contributed by atoms with E-state index in [1.807, 2.05) is 0 Å². The number of hydrogen-bond acceptors (Lipinski definition) is 4. The molecule has 78 valence electrons. The van der Waals surface area contributed by atoms with Crippen LogP contribution in [0.1, 0.15) is 10.6 Å². The molecule has 1 aromatic heterocycles. The van der Waals surface area contributed by atoms with Crippen molar-refractivity contribution in [1.29, 1.82) is 0 Å². The molecule has 0 saturated carbocycles. The first-order valence-corrected chi connectivity index (χ1v) is 4.22.